The van der Waals surface area contributed by atoms with E-state index in [-0.39, 0.29) is 24.6 Å². The normalized spacial score (nSPS) is 24.4. The van der Waals surface area contributed by atoms with Crippen molar-refractivity contribution in [1.82, 2.24) is 0 Å². The molecule has 2 heterocycles. The Hall–Kier alpha value is -3.20. The molecule has 2 aromatic rings. The molecule has 0 aromatic heterocycles. The molecule has 4 rings (SSSR count). The summed E-state index contributed by atoms with van der Waals surface area (Å²) in [5.41, 5.74) is 0.448. The van der Waals surface area contributed by atoms with Gasteiger partial charge in [0.2, 0.25) is 11.8 Å². The summed E-state index contributed by atoms with van der Waals surface area (Å²) in [5.74, 6) is -3.33. The van der Waals surface area contributed by atoms with Crippen LogP contribution < -0.4 is 4.90 Å². The molecule has 3 atom stereocenters. The number of carbonyl (C=O) groups is 2. The summed E-state index contributed by atoms with van der Waals surface area (Å²) >= 11 is 0. The van der Waals surface area contributed by atoms with Gasteiger partial charge < -0.3 is 9.05 Å². The van der Waals surface area contributed by atoms with E-state index in [9.17, 15) is 24.3 Å². The minimum atomic E-state index is -4.08. The summed E-state index contributed by atoms with van der Waals surface area (Å²) in [7, 11) is -4.08. The molecule has 33 heavy (non-hydrogen) atoms. The highest BCUT2D eigenvalue weighted by Crippen LogP contribution is 2.72. The first-order chi connectivity index (χ1) is 15.8. The average Bonchev–Trinajstić information content (AvgIpc) is 3.33. The number of anilines is 1. The average molecular weight is 471 g/mol. The second-order valence-electron chi connectivity index (χ2n) is 7.49. The molecule has 1 saturated heterocycles. The van der Waals surface area contributed by atoms with E-state index in [2.05, 4.69) is 4.99 Å². The molecule has 2 aliphatic rings. The number of imide groups is 1. The number of fused-ring (bicyclic) bond motifs is 1. The summed E-state index contributed by atoms with van der Waals surface area (Å²) < 4.78 is 25.5. The first-order valence-electron chi connectivity index (χ1n) is 10.4. The van der Waals surface area contributed by atoms with E-state index in [0.29, 0.717) is 5.56 Å². The molecule has 0 spiro atoms. The van der Waals surface area contributed by atoms with Gasteiger partial charge in [0.25, 0.3) is 5.69 Å². The molecule has 0 N–H and O–H groups in total. The number of hydrogen-bond acceptors (Lipinski definition) is 8. The molecule has 0 unspecified atom stereocenters. The number of non-ortho nitro benzene ring substituents is 1. The fourth-order valence-electron chi connectivity index (χ4n) is 4.43. The number of nitro benzene ring substituents is 1. The maximum absolute atomic E-state index is 14.2. The SMILES string of the molecule is CCOP(=O)(OCC)[C@]1(c2ccccc2)N=C[C@H]2C(=O)N(c3ccc([N+](=O)[O-])cc3)C(=O)[C@H]21. The third-order valence-corrected chi connectivity index (χ3v) is 8.43. The van der Waals surface area contributed by atoms with E-state index < -0.39 is 41.4 Å². The van der Waals surface area contributed by atoms with E-state index in [1.807, 2.05) is 0 Å². The van der Waals surface area contributed by atoms with Crippen LogP contribution in [0.3, 0.4) is 0 Å². The lowest BCUT2D eigenvalue weighted by Gasteiger charge is -2.37. The van der Waals surface area contributed by atoms with E-state index in [1.165, 1.54) is 30.5 Å². The highest BCUT2D eigenvalue weighted by Gasteiger charge is 2.69. The molecule has 0 aliphatic carbocycles. The first kappa shape index (κ1) is 23.0. The number of benzene rings is 2. The second-order valence-corrected chi connectivity index (χ2v) is 9.69. The molecule has 0 bridgehead atoms. The predicted octanol–water partition coefficient (Wildman–Crippen LogP) is 3.90. The largest absolute Gasteiger partial charge is 0.363 e. The van der Waals surface area contributed by atoms with Crippen molar-refractivity contribution in [3.63, 3.8) is 0 Å². The highest BCUT2D eigenvalue weighted by atomic mass is 31.2. The lowest BCUT2D eigenvalue weighted by atomic mass is 9.87. The number of nitro groups is 1. The van der Waals surface area contributed by atoms with Crippen molar-refractivity contribution in [3.8, 4) is 0 Å². The summed E-state index contributed by atoms with van der Waals surface area (Å²) in [5, 5.41) is 9.24. The smallest absolute Gasteiger partial charge is 0.307 e. The molecular weight excluding hydrogens is 449 g/mol. The molecule has 2 aliphatic heterocycles. The maximum Gasteiger partial charge on any atom is 0.363 e. The van der Waals surface area contributed by atoms with Crippen molar-refractivity contribution >= 4 is 37.0 Å². The number of rotatable bonds is 8. The number of hydrogen-bond donors (Lipinski definition) is 0. The number of nitrogens with zero attached hydrogens (tertiary/aromatic N) is 3. The number of amides is 2. The summed E-state index contributed by atoms with van der Waals surface area (Å²) in [6.07, 6.45) is 1.34. The Morgan fingerprint density at radius 3 is 2.18 bits per heavy atom. The molecule has 11 heteroatoms. The van der Waals surface area contributed by atoms with Gasteiger partial charge in [-0.15, -0.1) is 0 Å². The lowest BCUT2D eigenvalue weighted by Crippen LogP contribution is -2.40. The van der Waals surface area contributed by atoms with Gasteiger partial charge in [-0.05, 0) is 31.5 Å². The highest BCUT2D eigenvalue weighted by molar-refractivity contribution is 7.55. The van der Waals surface area contributed by atoms with Crippen LogP contribution in [-0.2, 0) is 28.5 Å². The van der Waals surface area contributed by atoms with Gasteiger partial charge in [-0.25, -0.2) is 4.90 Å². The van der Waals surface area contributed by atoms with Crippen molar-refractivity contribution in [2.24, 2.45) is 16.8 Å². The van der Waals surface area contributed by atoms with Gasteiger partial charge in [0.05, 0.1) is 35.7 Å². The third kappa shape index (κ3) is 3.42. The Bertz CT molecular complexity index is 1160. The van der Waals surface area contributed by atoms with Gasteiger partial charge in [0.1, 0.15) is 0 Å². The van der Waals surface area contributed by atoms with Crippen LogP contribution in [0.25, 0.3) is 0 Å². The fourth-order valence-corrected chi connectivity index (χ4v) is 6.86. The monoisotopic (exact) mass is 471 g/mol. The molecule has 2 amide bonds. The minimum absolute atomic E-state index is 0.0486. The first-order valence-corrected chi connectivity index (χ1v) is 12.0. The molecule has 172 valence electrons. The molecule has 10 nitrogen and oxygen atoms in total. The van der Waals surface area contributed by atoms with E-state index in [0.717, 1.165) is 4.90 Å². The predicted molar refractivity (Wildman–Crippen MR) is 120 cm³/mol. The van der Waals surface area contributed by atoms with Crippen molar-refractivity contribution < 1.29 is 28.1 Å². The van der Waals surface area contributed by atoms with Gasteiger partial charge in [-0.3, -0.25) is 29.3 Å². The Labute approximate surface area is 189 Å². The molecule has 2 aromatic carbocycles. The van der Waals surface area contributed by atoms with E-state index >= 15 is 0 Å². The van der Waals surface area contributed by atoms with Crippen LogP contribution in [-0.4, -0.2) is 36.2 Å². The second kappa shape index (κ2) is 8.62. The van der Waals surface area contributed by atoms with Crippen LogP contribution in [0, 0.1) is 22.0 Å². The quantitative estimate of drug-likeness (QED) is 0.247. The maximum atomic E-state index is 14.2. The molecular formula is C22H22N3O7P. The Kier molecular flexibility index (Phi) is 6.00. The molecule has 0 saturated carbocycles. The van der Waals surface area contributed by atoms with Crippen LogP contribution in [0.5, 0.6) is 0 Å². The standard InChI is InChI=1S/C22H22N3O7P/c1-3-31-33(30,32-4-2)22(15-8-6-5-7-9-15)19-18(14-23-22)20(26)24(21(19)27)16-10-12-17(13-11-16)25(28)29/h5-14,18-19H,3-4H2,1-2H3/t18-,19+,22+/m1/s1. The topological polar surface area (TPSA) is 128 Å². The van der Waals surface area contributed by atoms with E-state index in [1.54, 1.807) is 44.2 Å². The zero-order valence-electron chi connectivity index (χ0n) is 18.0. The van der Waals surface area contributed by atoms with Crippen LogP contribution in [0.15, 0.2) is 59.6 Å². The fraction of sp³-hybridized carbons (Fsp3) is 0.318. The van der Waals surface area contributed by atoms with Crippen molar-refractivity contribution in [2.75, 3.05) is 18.1 Å². The van der Waals surface area contributed by atoms with E-state index in [4.69, 9.17) is 9.05 Å². The Morgan fingerprint density at radius 2 is 1.64 bits per heavy atom. The van der Waals surface area contributed by atoms with Crippen molar-refractivity contribution in [2.45, 2.75) is 19.1 Å². The van der Waals surface area contributed by atoms with Crippen LogP contribution in [0.1, 0.15) is 19.4 Å². The minimum Gasteiger partial charge on any atom is -0.307 e. The zero-order chi connectivity index (χ0) is 23.8. The summed E-state index contributed by atoms with van der Waals surface area (Å²) in [4.78, 5) is 42.9. The van der Waals surface area contributed by atoms with Gasteiger partial charge in [0.15, 0.2) is 5.28 Å². The number of carbonyl (C=O) groups excluding carboxylic acids is 2. The lowest BCUT2D eigenvalue weighted by molar-refractivity contribution is -0.384. The Morgan fingerprint density at radius 1 is 1.03 bits per heavy atom. The van der Waals surface area contributed by atoms with Crippen molar-refractivity contribution in [3.05, 3.63) is 70.3 Å². The van der Waals surface area contributed by atoms with Gasteiger partial charge in [-0.2, -0.15) is 0 Å². The zero-order valence-corrected chi connectivity index (χ0v) is 18.9. The van der Waals surface area contributed by atoms with Crippen LogP contribution in [0.2, 0.25) is 0 Å². The summed E-state index contributed by atoms with van der Waals surface area (Å²) in [6, 6.07) is 13.7. The summed E-state index contributed by atoms with van der Waals surface area (Å²) in [6.45, 7) is 3.41. The number of aliphatic imine (C=N–C) groups is 1. The van der Waals surface area contributed by atoms with Gasteiger partial charge in [-0.1, -0.05) is 30.3 Å². The molecule has 0 radical (unpaired) electrons. The third-order valence-electron chi connectivity index (χ3n) is 5.75. The Balaban J connectivity index is 1.86. The van der Waals surface area contributed by atoms with Crippen molar-refractivity contribution in [1.29, 1.82) is 0 Å². The van der Waals surface area contributed by atoms with Crippen LogP contribution in [0.4, 0.5) is 11.4 Å². The van der Waals surface area contributed by atoms with Gasteiger partial charge >= 0.3 is 7.60 Å². The molecule has 1 fully saturated rings. The van der Waals surface area contributed by atoms with Gasteiger partial charge in [0, 0.05) is 18.3 Å². The van der Waals surface area contributed by atoms with Crippen LogP contribution >= 0.6 is 7.60 Å².